The van der Waals surface area contributed by atoms with E-state index < -0.39 is 0 Å². The summed E-state index contributed by atoms with van der Waals surface area (Å²) in [5, 5.41) is 2.90. The standard InChI is InChI=1S/C16H27N3O2S/c1-4-21-12(3)16-18-13(10-22-16)8-15(20)19-7-5-6-11(2)14(19)9-17/h10-12,14H,4-9,17H2,1-3H3/t11-,12+,14-/m0/s1. The minimum Gasteiger partial charge on any atom is -0.372 e. The number of hydrogen-bond acceptors (Lipinski definition) is 5. The van der Waals surface area contributed by atoms with Crippen LogP contribution in [0, 0.1) is 5.92 Å². The van der Waals surface area contributed by atoms with Crippen LogP contribution in [0.2, 0.25) is 0 Å². The van der Waals surface area contributed by atoms with Crippen molar-refractivity contribution in [1.29, 1.82) is 0 Å². The van der Waals surface area contributed by atoms with Gasteiger partial charge >= 0.3 is 0 Å². The summed E-state index contributed by atoms with van der Waals surface area (Å²) in [5.41, 5.74) is 6.71. The Morgan fingerprint density at radius 2 is 2.41 bits per heavy atom. The van der Waals surface area contributed by atoms with Crippen molar-refractivity contribution < 1.29 is 9.53 Å². The normalized spacial score (nSPS) is 23.5. The molecule has 1 aliphatic heterocycles. The van der Waals surface area contributed by atoms with Crippen molar-refractivity contribution >= 4 is 17.2 Å². The molecule has 1 aromatic rings. The molecule has 2 rings (SSSR count). The number of likely N-dealkylation sites (tertiary alicyclic amines) is 1. The van der Waals surface area contributed by atoms with E-state index in [4.69, 9.17) is 10.5 Å². The molecule has 0 aliphatic carbocycles. The molecule has 6 heteroatoms. The van der Waals surface area contributed by atoms with Crippen molar-refractivity contribution in [2.45, 2.75) is 52.2 Å². The highest BCUT2D eigenvalue weighted by molar-refractivity contribution is 7.09. The zero-order chi connectivity index (χ0) is 16.1. The van der Waals surface area contributed by atoms with Crippen LogP contribution in [0.3, 0.4) is 0 Å². The Morgan fingerprint density at radius 3 is 3.09 bits per heavy atom. The first-order valence-corrected chi connectivity index (χ1v) is 9.00. The predicted octanol–water partition coefficient (Wildman–Crippen LogP) is 2.37. The van der Waals surface area contributed by atoms with Gasteiger partial charge in [0.05, 0.1) is 12.1 Å². The number of ether oxygens (including phenoxy) is 1. The number of hydrogen-bond donors (Lipinski definition) is 1. The van der Waals surface area contributed by atoms with Crippen LogP contribution in [0.15, 0.2) is 5.38 Å². The summed E-state index contributed by atoms with van der Waals surface area (Å²) in [6.07, 6.45) is 2.56. The Balaban J connectivity index is 1.99. The summed E-state index contributed by atoms with van der Waals surface area (Å²) < 4.78 is 5.55. The first kappa shape index (κ1) is 17.4. The smallest absolute Gasteiger partial charge is 0.228 e. The van der Waals surface area contributed by atoms with Gasteiger partial charge in [-0.2, -0.15) is 0 Å². The fraction of sp³-hybridized carbons (Fsp3) is 0.750. The van der Waals surface area contributed by atoms with Gasteiger partial charge in [0.15, 0.2) is 0 Å². The lowest BCUT2D eigenvalue weighted by atomic mass is 9.90. The van der Waals surface area contributed by atoms with E-state index in [0.717, 1.165) is 30.1 Å². The molecule has 1 amide bonds. The van der Waals surface area contributed by atoms with Crippen molar-refractivity contribution in [3.8, 4) is 0 Å². The van der Waals surface area contributed by atoms with Gasteiger partial charge in [-0.1, -0.05) is 6.92 Å². The summed E-state index contributed by atoms with van der Waals surface area (Å²) in [5.74, 6) is 0.620. The molecular formula is C16H27N3O2S. The number of nitrogens with two attached hydrogens (primary N) is 1. The van der Waals surface area contributed by atoms with Crippen molar-refractivity contribution in [3.63, 3.8) is 0 Å². The monoisotopic (exact) mass is 325 g/mol. The Kier molecular flexibility index (Phi) is 6.35. The summed E-state index contributed by atoms with van der Waals surface area (Å²) in [7, 11) is 0. The van der Waals surface area contributed by atoms with Gasteiger partial charge in [0.2, 0.25) is 5.91 Å². The number of aromatic nitrogens is 1. The first-order valence-electron chi connectivity index (χ1n) is 8.12. The van der Waals surface area contributed by atoms with Crippen LogP contribution in [0.4, 0.5) is 0 Å². The highest BCUT2D eigenvalue weighted by atomic mass is 32.1. The minimum absolute atomic E-state index is 0.00866. The van der Waals surface area contributed by atoms with Gasteiger partial charge in [-0.3, -0.25) is 4.79 Å². The van der Waals surface area contributed by atoms with Crippen LogP contribution >= 0.6 is 11.3 Å². The Bertz CT molecular complexity index is 491. The second kappa shape index (κ2) is 8.04. The van der Waals surface area contributed by atoms with Crippen LogP contribution in [-0.2, 0) is 16.0 Å². The average molecular weight is 325 g/mol. The van der Waals surface area contributed by atoms with Gasteiger partial charge < -0.3 is 15.4 Å². The maximum absolute atomic E-state index is 12.6. The van der Waals surface area contributed by atoms with Gasteiger partial charge in [0.25, 0.3) is 0 Å². The maximum Gasteiger partial charge on any atom is 0.228 e. The second-order valence-electron chi connectivity index (χ2n) is 5.96. The molecule has 2 N–H and O–H groups in total. The van der Waals surface area contributed by atoms with Gasteiger partial charge in [-0.05, 0) is 32.6 Å². The van der Waals surface area contributed by atoms with E-state index in [1.165, 1.54) is 0 Å². The Labute approximate surface area is 136 Å². The van der Waals surface area contributed by atoms with Crippen molar-refractivity contribution in [2.24, 2.45) is 11.7 Å². The number of thiazole rings is 1. The number of nitrogens with zero attached hydrogens (tertiary/aromatic N) is 2. The number of rotatable bonds is 6. The van der Waals surface area contributed by atoms with Crippen molar-refractivity contribution in [2.75, 3.05) is 19.7 Å². The van der Waals surface area contributed by atoms with E-state index in [1.807, 2.05) is 24.1 Å². The molecule has 1 aliphatic rings. The van der Waals surface area contributed by atoms with Gasteiger partial charge in [-0.15, -0.1) is 11.3 Å². The fourth-order valence-electron chi connectivity index (χ4n) is 3.09. The van der Waals surface area contributed by atoms with Crippen LogP contribution in [0.1, 0.15) is 50.4 Å². The van der Waals surface area contributed by atoms with E-state index in [-0.39, 0.29) is 18.1 Å². The highest BCUT2D eigenvalue weighted by Crippen LogP contribution is 2.25. The number of carbonyl (C=O) groups is 1. The molecule has 0 aromatic carbocycles. The van der Waals surface area contributed by atoms with Gasteiger partial charge in [0, 0.05) is 31.1 Å². The van der Waals surface area contributed by atoms with Gasteiger partial charge in [0.1, 0.15) is 11.1 Å². The minimum atomic E-state index is -0.00866. The van der Waals surface area contributed by atoms with Crippen molar-refractivity contribution in [3.05, 3.63) is 16.1 Å². The lowest BCUT2D eigenvalue weighted by molar-refractivity contribution is -0.135. The quantitative estimate of drug-likeness (QED) is 0.872. The Morgan fingerprint density at radius 1 is 1.64 bits per heavy atom. The lowest BCUT2D eigenvalue weighted by Gasteiger charge is -2.39. The Hall–Kier alpha value is -0.980. The molecule has 0 saturated carbocycles. The molecule has 22 heavy (non-hydrogen) atoms. The van der Waals surface area contributed by atoms with Crippen LogP contribution < -0.4 is 5.73 Å². The topological polar surface area (TPSA) is 68.5 Å². The third-order valence-corrected chi connectivity index (χ3v) is 5.40. The van der Waals surface area contributed by atoms with E-state index in [1.54, 1.807) is 11.3 Å². The molecule has 0 spiro atoms. The zero-order valence-electron chi connectivity index (χ0n) is 13.7. The molecule has 5 nitrogen and oxygen atoms in total. The van der Waals surface area contributed by atoms with Crippen LogP contribution in [0.25, 0.3) is 0 Å². The maximum atomic E-state index is 12.6. The largest absolute Gasteiger partial charge is 0.372 e. The second-order valence-corrected chi connectivity index (χ2v) is 6.85. The summed E-state index contributed by atoms with van der Waals surface area (Å²) >= 11 is 1.56. The summed E-state index contributed by atoms with van der Waals surface area (Å²) in [6.45, 7) is 8.16. The number of amides is 1. The number of carbonyl (C=O) groups excluding carboxylic acids is 1. The van der Waals surface area contributed by atoms with E-state index >= 15 is 0 Å². The third kappa shape index (κ3) is 4.06. The lowest BCUT2D eigenvalue weighted by Crippen LogP contribution is -2.51. The molecule has 1 fully saturated rings. The van der Waals surface area contributed by atoms with Crippen LogP contribution in [-0.4, -0.2) is 41.5 Å². The summed E-state index contributed by atoms with van der Waals surface area (Å²) in [6, 6.07) is 0.168. The molecule has 0 radical (unpaired) electrons. The molecular weight excluding hydrogens is 298 g/mol. The van der Waals surface area contributed by atoms with Crippen LogP contribution in [0.5, 0.6) is 0 Å². The van der Waals surface area contributed by atoms with Crippen molar-refractivity contribution in [1.82, 2.24) is 9.88 Å². The molecule has 2 heterocycles. The van der Waals surface area contributed by atoms with E-state index in [9.17, 15) is 4.79 Å². The fourth-order valence-corrected chi connectivity index (χ4v) is 3.91. The highest BCUT2D eigenvalue weighted by Gasteiger charge is 2.30. The SMILES string of the molecule is CCO[C@H](C)c1nc(CC(=O)N2CCC[C@H](C)[C@@H]2CN)cs1. The molecule has 1 aromatic heterocycles. The molecule has 0 unspecified atom stereocenters. The molecule has 3 atom stereocenters. The molecule has 0 bridgehead atoms. The number of piperidine rings is 1. The third-order valence-electron chi connectivity index (χ3n) is 4.34. The summed E-state index contributed by atoms with van der Waals surface area (Å²) in [4.78, 5) is 19.1. The molecule has 1 saturated heterocycles. The first-order chi connectivity index (χ1) is 10.6. The zero-order valence-corrected chi connectivity index (χ0v) is 14.6. The van der Waals surface area contributed by atoms with Gasteiger partial charge in [-0.25, -0.2) is 4.98 Å². The average Bonchev–Trinajstić information content (AvgIpc) is 2.95. The van der Waals surface area contributed by atoms with E-state index in [0.29, 0.717) is 25.5 Å². The molecule has 124 valence electrons. The van der Waals surface area contributed by atoms with E-state index in [2.05, 4.69) is 11.9 Å². The predicted molar refractivity (Wildman–Crippen MR) is 88.8 cm³/mol.